The highest BCUT2D eigenvalue weighted by Crippen LogP contribution is 2.14. The first kappa shape index (κ1) is 12.9. The molecule has 16 heavy (non-hydrogen) atoms. The maximum absolute atomic E-state index is 11.9. The molecule has 0 spiro atoms. The molecule has 0 amide bonds. The van der Waals surface area contributed by atoms with E-state index in [9.17, 15) is 8.42 Å². The van der Waals surface area contributed by atoms with Gasteiger partial charge in [-0.25, -0.2) is 18.4 Å². The van der Waals surface area contributed by atoms with Crippen molar-refractivity contribution < 1.29 is 8.42 Å². The van der Waals surface area contributed by atoms with Crippen molar-refractivity contribution in [3.05, 3.63) is 18.0 Å². The van der Waals surface area contributed by atoms with Crippen LogP contribution in [0.5, 0.6) is 0 Å². The summed E-state index contributed by atoms with van der Waals surface area (Å²) < 4.78 is 23.8. The summed E-state index contributed by atoms with van der Waals surface area (Å²) in [5.41, 5.74) is 0.0339. The molecule has 0 aliphatic carbocycles. The average molecular weight is 260 g/mol. The van der Waals surface area contributed by atoms with Gasteiger partial charge in [-0.15, -0.1) is 11.6 Å². The third-order valence-corrected chi connectivity index (χ3v) is 4.27. The maximum Gasteiger partial charge on any atom is 0.248 e. The molecular formula is C9H10ClN3O2S. The van der Waals surface area contributed by atoms with E-state index in [-0.39, 0.29) is 16.7 Å². The molecule has 1 aromatic heterocycles. The minimum absolute atomic E-state index is 0.0339. The van der Waals surface area contributed by atoms with Crippen LogP contribution in [0.4, 0.5) is 0 Å². The lowest BCUT2D eigenvalue weighted by atomic mass is 10.4. The van der Waals surface area contributed by atoms with Crippen LogP contribution < -0.4 is 0 Å². The van der Waals surface area contributed by atoms with E-state index in [2.05, 4.69) is 9.97 Å². The maximum atomic E-state index is 11.9. The van der Waals surface area contributed by atoms with E-state index in [1.54, 1.807) is 13.0 Å². The van der Waals surface area contributed by atoms with E-state index in [0.29, 0.717) is 6.42 Å². The molecule has 5 nitrogen and oxygen atoms in total. The van der Waals surface area contributed by atoms with Crippen LogP contribution in [0.15, 0.2) is 17.4 Å². The fraction of sp³-hybridized carbons (Fsp3) is 0.444. The summed E-state index contributed by atoms with van der Waals surface area (Å²) >= 11 is 5.49. The van der Waals surface area contributed by atoms with Crippen LogP contribution in [0.25, 0.3) is 0 Å². The summed E-state index contributed by atoms with van der Waals surface area (Å²) in [4.78, 5) is 7.33. The largest absolute Gasteiger partial charge is 0.248 e. The van der Waals surface area contributed by atoms with E-state index in [0.717, 1.165) is 0 Å². The molecule has 0 aromatic carbocycles. The minimum Gasteiger partial charge on any atom is -0.227 e. The monoisotopic (exact) mass is 259 g/mol. The standard InChI is InChI=1S/C9H10ClN3O2S/c1-7(2-4-10)16(14,15)9-12-5-3-8(6-11)13-9/h3,5,7H,2,4H2,1H3. The molecule has 0 N–H and O–H groups in total. The number of halogens is 1. The second-order valence-electron chi connectivity index (χ2n) is 3.17. The van der Waals surface area contributed by atoms with Gasteiger partial charge >= 0.3 is 0 Å². The Morgan fingerprint density at radius 1 is 1.62 bits per heavy atom. The number of nitriles is 1. The molecule has 0 saturated heterocycles. The van der Waals surface area contributed by atoms with Gasteiger partial charge in [-0.2, -0.15) is 5.26 Å². The molecule has 1 unspecified atom stereocenters. The van der Waals surface area contributed by atoms with Crippen LogP contribution in [-0.2, 0) is 9.84 Å². The van der Waals surface area contributed by atoms with Crippen molar-refractivity contribution in [3.63, 3.8) is 0 Å². The van der Waals surface area contributed by atoms with Crippen LogP contribution >= 0.6 is 11.6 Å². The SMILES string of the molecule is CC(CCCl)S(=O)(=O)c1nccc(C#N)n1. The van der Waals surface area contributed by atoms with E-state index >= 15 is 0 Å². The highest BCUT2D eigenvalue weighted by atomic mass is 35.5. The van der Waals surface area contributed by atoms with Crippen LogP contribution in [0.2, 0.25) is 0 Å². The number of hydrogen-bond acceptors (Lipinski definition) is 5. The Hall–Kier alpha value is -1.19. The first-order valence-corrected chi connectivity index (χ1v) is 6.63. The lowest BCUT2D eigenvalue weighted by molar-refractivity contribution is 0.571. The molecule has 0 bridgehead atoms. The Balaban J connectivity index is 3.13. The lowest BCUT2D eigenvalue weighted by Crippen LogP contribution is -2.21. The predicted molar refractivity (Wildman–Crippen MR) is 58.7 cm³/mol. The van der Waals surface area contributed by atoms with Gasteiger partial charge in [0.2, 0.25) is 15.0 Å². The van der Waals surface area contributed by atoms with E-state index in [1.807, 2.05) is 0 Å². The Labute approximate surface area is 99.0 Å². The van der Waals surface area contributed by atoms with Gasteiger partial charge in [-0.1, -0.05) is 0 Å². The average Bonchev–Trinajstić information content (AvgIpc) is 2.29. The Bertz CT molecular complexity index is 510. The number of nitrogens with zero attached hydrogens (tertiary/aromatic N) is 3. The molecule has 1 rings (SSSR count). The number of alkyl halides is 1. The Morgan fingerprint density at radius 3 is 2.88 bits per heavy atom. The molecule has 1 aromatic rings. The molecule has 0 aliphatic rings. The molecule has 0 aliphatic heterocycles. The van der Waals surface area contributed by atoms with Gasteiger partial charge in [0.05, 0.1) is 5.25 Å². The molecule has 1 heterocycles. The van der Waals surface area contributed by atoms with Crippen molar-refractivity contribution in [1.82, 2.24) is 9.97 Å². The van der Waals surface area contributed by atoms with Gasteiger partial charge < -0.3 is 0 Å². The summed E-state index contributed by atoms with van der Waals surface area (Å²) in [5, 5.41) is 7.64. The summed E-state index contributed by atoms with van der Waals surface area (Å²) in [7, 11) is -3.59. The Morgan fingerprint density at radius 2 is 2.31 bits per heavy atom. The minimum atomic E-state index is -3.59. The molecule has 1 atom stereocenters. The van der Waals surface area contributed by atoms with Crippen LogP contribution in [0.1, 0.15) is 19.0 Å². The van der Waals surface area contributed by atoms with Crippen molar-refractivity contribution in [1.29, 1.82) is 5.26 Å². The van der Waals surface area contributed by atoms with Gasteiger partial charge in [0.25, 0.3) is 0 Å². The normalized spacial score (nSPS) is 13.1. The van der Waals surface area contributed by atoms with Gasteiger partial charge in [0, 0.05) is 12.1 Å². The first-order valence-electron chi connectivity index (χ1n) is 4.55. The number of aromatic nitrogens is 2. The van der Waals surface area contributed by atoms with Crippen LogP contribution in [-0.4, -0.2) is 29.5 Å². The number of rotatable bonds is 4. The fourth-order valence-corrected chi connectivity index (χ4v) is 2.71. The summed E-state index contributed by atoms with van der Waals surface area (Å²) in [6, 6.07) is 3.12. The van der Waals surface area contributed by atoms with E-state index < -0.39 is 15.1 Å². The first-order chi connectivity index (χ1) is 7.52. The molecule has 7 heteroatoms. The van der Waals surface area contributed by atoms with Crippen molar-refractivity contribution in [2.24, 2.45) is 0 Å². The topological polar surface area (TPSA) is 83.7 Å². The third kappa shape index (κ3) is 2.68. The van der Waals surface area contributed by atoms with Crippen LogP contribution in [0, 0.1) is 11.3 Å². The Kier molecular flexibility index (Phi) is 4.21. The van der Waals surface area contributed by atoms with Crippen molar-refractivity contribution in [3.8, 4) is 6.07 Å². The molecule has 0 radical (unpaired) electrons. The molecule has 0 saturated carbocycles. The smallest absolute Gasteiger partial charge is 0.227 e. The quantitative estimate of drug-likeness (QED) is 0.598. The highest BCUT2D eigenvalue weighted by Gasteiger charge is 2.25. The van der Waals surface area contributed by atoms with E-state index in [1.165, 1.54) is 12.3 Å². The zero-order chi connectivity index (χ0) is 12.2. The second-order valence-corrected chi connectivity index (χ2v) is 5.81. The van der Waals surface area contributed by atoms with Gasteiger partial charge in [-0.3, -0.25) is 0 Å². The summed E-state index contributed by atoms with van der Waals surface area (Å²) in [5.74, 6) is 0.248. The third-order valence-electron chi connectivity index (χ3n) is 2.05. The zero-order valence-electron chi connectivity index (χ0n) is 8.59. The molecular weight excluding hydrogens is 250 g/mol. The number of hydrogen-bond donors (Lipinski definition) is 0. The molecule has 0 fully saturated rings. The van der Waals surface area contributed by atoms with Gasteiger partial charge in [0.15, 0.2) is 0 Å². The predicted octanol–water partition coefficient (Wildman–Crippen LogP) is 1.14. The van der Waals surface area contributed by atoms with Crippen molar-refractivity contribution in [2.75, 3.05) is 5.88 Å². The van der Waals surface area contributed by atoms with Crippen molar-refractivity contribution >= 4 is 21.4 Å². The van der Waals surface area contributed by atoms with Crippen LogP contribution in [0.3, 0.4) is 0 Å². The fourth-order valence-electron chi connectivity index (χ4n) is 1.03. The second kappa shape index (κ2) is 5.23. The number of sulfone groups is 1. The molecule has 86 valence electrons. The van der Waals surface area contributed by atoms with Gasteiger partial charge in [0.1, 0.15) is 11.8 Å². The van der Waals surface area contributed by atoms with E-state index in [4.69, 9.17) is 16.9 Å². The lowest BCUT2D eigenvalue weighted by Gasteiger charge is -2.09. The summed E-state index contributed by atoms with van der Waals surface area (Å²) in [6.07, 6.45) is 1.58. The summed E-state index contributed by atoms with van der Waals surface area (Å²) in [6.45, 7) is 1.54. The van der Waals surface area contributed by atoms with Crippen molar-refractivity contribution in [2.45, 2.75) is 23.8 Å². The highest BCUT2D eigenvalue weighted by molar-refractivity contribution is 7.91. The zero-order valence-corrected chi connectivity index (χ0v) is 10.2. The van der Waals surface area contributed by atoms with Gasteiger partial charge in [-0.05, 0) is 19.4 Å².